The topological polar surface area (TPSA) is 0 Å². The summed E-state index contributed by atoms with van der Waals surface area (Å²) in [6, 6.07) is 18.1. The second kappa shape index (κ2) is 7.46. The number of benzene rings is 2. The first-order valence-corrected chi connectivity index (χ1v) is 25.3. The van der Waals surface area contributed by atoms with Crippen molar-refractivity contribution in [1.29, 1.82) is 0 Å². The van der Waals surface area contributed by atoms with Gasteiger partial charge in [0.2, 0.25) is 0 Å². The van der Waals surface area contributed by atoms with Crippen LogP contribution in [0.25, 0.3) is 11.1 Å². The quantitative estimate of drug-likeness (QED) is 0.331. The van der Waals surface area contributed by atoms with Crippen LogP contribution >= 0.6 is 17.0 Å². The Morgan fingerprint density at radius 2 is 1.03 bits per heavy atom. The summed E-state index contributed by atoms with van der Waals surface area (Å²) in [5, 5.41) is 0. The molecule has 0 amide bonds. The van der Waals surface area contributed by atoms with Gasteiger partial charge in [-0.1, -0.05) is 0 Å². The van der Waals surface area contributed by atoms with E-state index in [1.165, 1.54) is 86.5 Å². The average molecular weight is 595 g/mol. The first kappa shape index (κ1) is 23.2. The van der Waals surface area contributed by atoms with Crippen molar-refractivity contribution in [2.45, 2.75) is 71.5 Å². The van der Waals surface area contributed by atoms with Gasteiger partial charge >= 0.3 is 225 Å². The first-order chi connectivity index (χ1) is 17.3. The third-order valence-corrected chi connectivity index (χ3v) is 25.9. The Morgan fingerprint density at radius 3 is 1.39 bits per heavy atom. The second-order valence-corrected chi connectivity index (χ2v) is 34.9. The number of hydrogen-bond acceptors (Lipinski definition) is 0. The average Bonchev–Trinajstić information content (AvgIpc) is 3.71. The molecule has 0 nitrogen and oxygen atoms in total. The van der Waals surface area contributed by atoms with Crippen molar-refractivity contribution in [2.24, 2.45) is 22.7 Å². The van der Waals surface area contributed by atoms with E-state index in [-0.39, 0.29) is 7.25 Å². The van der Waals surface area contributed by atoms with Crippen LogP contribution in [-0.4, -0.2) is 4.21 Å². The standard InChI is InChI=1S/2C16H17.CH2.2ClH.Zr/c2*1-2-4-14-13(3-1)5-6-15(14)16-9-7-12(11-16)8-10-16;;;;/h2*1-6,12H,7-11H2;1H2;2*1H;/q;;;;;+2/p-2. The minimum absolute atomic E-state index is 0.0704. The molecule has 4 fully saturated rings. The molecule has 4 bridgehead atoms. The number of halogens is 2. The predicted octanol–water partition coefficient (Wildman–Crippen LogP) is 9.85. The van der Waals surface area contributed by atoms with Crippen LogP contribution in [0.5, 0.6) is 0 Å². The monoisotopic (exact) mass is 592 g/mol. The zero-order valence-electron chi connectivity index (χ0n) is 21.1. The van der Waals surface area contributed by atoms with Gasteiger partial charge < -0.3 is 0 Å². The summed E-state index contributed by atoms with van der Waals surface area (Å²) in [6.07, 6.45) is 18.7. The van der Waals surface area contributed by atoms with Gasteiger partial charge in [0, 0.05) is 0 Å². The zero-order valence-corrected chi connectivity index (χ0v) is 25.1. The van der Waals surface area contributed by atoms with Gasteiger partial charge in [-0.2, -0.15) is 0 Å². The van der Waals surface area contributed by atoms with Crippen molar-refractivity contribution in [3.8, 4) is 0 Å². The van der Waals surface area contributed by atoms with Crippen molar-refractivity contribution >= 4 is 32.4 Å². The molecule has 2 unspecified atom stereocenters. The van der Waals surface area contributed by atoms with Crippen LogP contribution in [0, 0.1) is 22.7 Å². The summed E-state index contributed by atoms with van der Waals surface area (Å²) in [4.78, 5) is 0. The van der Waals surface area contributed by atoms with Crippen LogP contribution in [0.4, 0.5) is 0 Å². The molecule has 0 aliphatic heterocycles. The molecular formula is C33H36Cl2Zr. The van der Waals surface area contributed by atoms with Crippen molar-refractivity contribution in [2.75, 3.05) is 0 Å². The molecule has 8 rings (SSSR count). The van der Waals surface area contributed by atoms with E-state index < -0.39 is 15.9 Å². The van der Waals surface area contributed by atoms with Gasteiger partial charge in [-0.15, -0.1) is 0 Å². The van der Waals surface area contributed by atoms with Gasteiger partial charge in [0.1, 0.15) is 0 Å². The summed E-state index contributed by atoms with van der Waals surface area (Å²) >= 11 is -4.71. The van der Waals surface area contributed by atoms with Gasteiger partial charge in [-0.05, 0) is 0 Å². The van der Waals surface area contributed by atoms with Gasteiger partial charge in [-0.25, -0.2) is 0 Å². The fraction of sp³-hybridized carbons (Fsp3) is 0.485. The van der Waals surface area contributed by atoms with Gasteiger partial charge in [0.25, 0.3) is 0 Å². The third kappa shape index (κ3) is 3.01. The van der Waals surface area contributed by atoms with E-state index >= 15 is 0 Å². The van der Waals surface area contributed by atoms with E-state index in [4.69, 9.17) is 21.2 Å². The molecule has 2 aromatic carbocycles. The van der Waals surface area contributed by atoms with E-state index in [2.05, 4.69) is 60.7 Å². The Kier molecular flexibility index (Phi) is 4.80. The molecule has 0 radical (unpaired) electrons. The molecule has 36 heavy (non-hydrogen) atoms. The molecule has 4 saturated carbocycles. The van der Waals surface area contributed by atoms with E-state index in [9.17, 15) is 0 Å². The van der Waals surface area contributed by atoms with E-state index in [0.717, 1.165) is 11.8 Å². The number of rotatable bonds is 4. The van der Waals surface area contributed by atoms with Crippen molar-refractivity contribution in [3.63, 3.8) is 0 Å². The van der Waals surface area contributed by atoms with Crippen LogP contribution in [0.3, 0.4) is 0 Å². The number of hydrogen-bond donors (Lipinski definition) is 0. The Labute approximate surface area is 223 Å². The van der Waals surface area contributed by atoms with Crippen LogP contribution in [0.2, 0.25) is 0 Å². The van der Waals surface area contributed by atoms with Gasteiger partial charge in [0.05, 0.1) is 0 Å². The summed E-state index contributed by atoms with van der Waals surface area (Å²) in [5.41, 5.74) is 9.41. The summed E-state index contributed by atoms with van der Waals surface area (Å²) < 4.78 is 5.10. The Morgan fingerprint density at radius 1 is 0.639 bits per heavy atom. The Bertz CT molecular complexity index is 1300. The van der Waals surface area contributed by atoms with E-state index in [1.54, 1.807) is 11.1 Å². The molecule has 6 aliphatic rings. The molecule has 0 heterocycles. The molecular weight excluding hydrogens is 558 g/mol. The maximum absolute atomic E-state index is 7.98. The Balaban J connectivity index is 1.29. The van der Waals surface area contributed by atoms with Crippen LogP contribution in [-0.2, 0) is 15.9 Å². The Hall–Kier alpha value is -0.747. The molecule has 186 valence electrons. The minimum atomic E-state index is -4.71. The molecule has 3 heteroatoms. The third-order valence-electron chi connectivity index (χ3n) is 11.7. The summed E-state index contributed by atoms with van der Waals surface area (Å²) in [7, 11) is 16.0. The van der Waals surface area contributed by atoms with Gasteiger partial charge in [-0.3, -0.25) is 0 Å². The van der Waals surface area contributed by atoms with Crippen molar-refractivity contribution in [1.82, 2.24) is 0 Å². The van der Waals surface area contributed by atoms with Crippen LogP contribution in [0.1, 0.15) is 93.7 Å². The molecule has 2 atom stereocenters. The molecule has 6 aliphatic carbocycles. The fourth-order valence-corrected chi connectivity index (χ4v) is 22.0. The van der Waals surface area contributed by atoms with Crippen LogP contribution in [0.15, 0.2) is 60.7 Å². The van der Waals surface area contributed by atoms with E-state index in [1.807, 2.05) is 0 Å². The molecule has 0 N–H and O–H groups in total. The fourth-order valence-electron chi connectivity index (χ4n) is 9.95. The summed E-state index contributed by atoms with van der Waals surface area (Å²) in [5.74, 6) is 1.83. The molecule has 0 spiro atoms. The van der Waals surface area contributed by atoms with Gasteiger partial charge in [0.15, 0.2) is 0 Å². The van der Waals surface area contributed by atoms with Crippen molar-refractivity contribution < 1.29 is 15.9 Å². The predicted molar refractivity (Wildman–Crippen MR) is 151 cm³/mol. The molecule has 0 aromatic heterocycles. The van der Waals surface area contributed by atoms with Crippen LogP contribution < -0.4 is 0 Å². The van der Waals surface area contributed by atoms with Crippen molar-refractivity contribution in [3.05, 3.63) is 82.9 Å². The SMILES string of the molecule is [CH2]=[Zr]([Cl])([Cl])([CH]1C=C(C23CCC(CC2)C3)c2ccccc21)[CH]1C=C(C23CCC(CC2)C3)c2ccccc21. The maximum atomic E-state index is 7.98. The van der Waals surface area contributed by atoms with E-state index in [0.29, 0.717) is 10.8 Å². The number of allylic oxidation sites excluding steroid dienone is 4. The second-order valence-electron chi connectivity index (χ2n) is 13.5. The zero-order chi connectivity index (χ0) is 24.4. The first-order valence-electron chi connectivity index (χ1n) is 14.4. The molecule has 0 saturated heterocycles. The molecule has 2 aromatic rings. The summed E-state index contributed by atoms with van der Waals surface area (Å²) in [6.45, 7) is 0. The number of fused-ring (bicyclic) bond motifs is 6. The normalized spacial score (nSPS) is 38.3.